The first-order valence-electron chi connectivity index (χ1n) is 9.34. The molecule has 2 amide bonds. The van der Waals surface area contributed by atoms with Crippen LogP contribution >= 0.6 is 0 Å². The summed E-state index contributed by atoms with van der Waals surface area (Å²) in [5.74, 6) is -0.195. The molecule has 1 unspecified atom stereocenters. The quantitative estimate of drug-likeness (QED) is 0.436. The Morgan fingerprint density at radius 2 is 2.00 bits per heavy atom. The minimum atomic E-state index is -0.721. The predicted molar refractivity (Wildman–Crippen MR) is 109 cm³/mol. The van der Waals surface area contributed by atoms with Gasteiger partial charge in [-0.3, -0.25) is 9.59 Å². The third-order valence-corrected chi connectivity index (χ3v) is 4.89. The number of nitrogen functional groups attached to an aromatic ring is 1. The van der Waals surface area contributed by atoms with E-state index in [0.29, 0.717) is 23.5 Å². The van der Waals surface area contributed by atoms with Crippen molar-refractivity contribution in [1.82, 2.24) is 0 Å². The van der Waals surface area contributed by atoms with E-state index in [1.807, 2.05) is 31.2 Å². The Morgan fingerprint density at radius 1 is 1.24 bits per heavy atom. The number of hydrogen-bond acceptors (Lipinski definition) is 6. The molecule has 0 saturated heterocycles. The molecule has 0 fully saturated rings. The standard InChI is InChI=1S/C21H23N3O5/c1-13-10-14-6-3-4-7-17(14)24(13)21(26)15-11-18(28-2)19(12-16(15)22)29-9-5-8-20(25)23-27/h3-4,6-7,11-13H,5,8-10,22H2,1-2H3. The molecule has 2 N–H and O–H groups in total. The highest BCUT2D eigenvalue weighted by Crippen LogP contribution is 2.37. The summed E-state index contributed by atoms with van der Waals surface area (Å²) in [6, 6.07) is 10.9. The Morgan fingerprint density at radius 3 is 2.72 bits per heavy atom. The molecule has 152 valence electrons. The molecule has 8 nitrogen and oxygen atoms in total. The lowest BCUT2D eigenvalue weighted by Gasteiger charge is -2.24. The van der Waals surface area contributed by atoms with Gasteiger partial charge in [-0.2, -0.15) is 0 Å². The number of carbonyl (C=O) groups excluding carboxylic acids is 2. The van der Waals surface area contributed by atoms with E-state index in [4.69, 9.17) is 15.2 Å². The molecule has 2 aromatic carbocycles. The van der Waals surface area contributed by atoms with Crippen molar-refractivity contribution in [3.63, 3.8) is 0 Å². The number of hydrogen-bond donors (Lipinski definition) is 1. The highest BCUT2D eigenvalue weighted by molar-refractivity contribution is 6.11. The largest absolute Gasteiger partial charge is 0.493 e. The van der Waals surface area contributed by atoms with Gasteiger partial charge in [-0.1, -0.05) is 18.2 Å². The van der Waals surface area contributed by atoms with Crippen LogP contribution in [0.15, 0.2) is 41.6 Å². The number of nitrogens with two attached hydrogens (primary N) is 1. The van der Waals surface area contributed by atoms with Gasteiger partial charge in [0.05, 0.1) is 19.3 Å². The van der Waals surface area contributed by atoms with Crippen LogP contribution in [-0.4, -0.2) is 31.6 Å². The summed E-state index contributed by atoms with van der Waals surface area (Å²) < 4.78 is 11.0. The third-order valence-electron chi connectivity index (χ3n) is 4.89. The Kier molecular flexibility index (Phi) is 6.11. The zero-order chi connectivity index (χ0) is 21.0. The molecular formula is C21H23N3O5. The highest BCUT2D eigenvalue weighted by Gasteiger charge is 2.32. The molecule has 2 aromatic rings. The van der Waals surface area contributed by atoms with Crippen molar-refractivity contribution in [3.8, 4) is 11.5 Å². The summed E-state index contributed by atoms with van der Waals surface area (Å²) in [6.45, 7) is 2.18. The number of amides is 2. The van der Waals surface area contributed by atoms with Gasteiger partial charge in [0.2, 0.25) is 0 Å². The summed E-state index contributed by atoms with van der Waals surface area (Å²) in [5.41, 5.74) is 8.77. The first-order valence-corrected chi connectivity index (χ1v) is 9.34. The van der Waals surface area contributed by atoms with E-state index >= 15 is 0 Å². The zero-order valence-corrected chi connectivity index (χ0v) is 16.4. The van der Waals surface area contributed by atoms with Gasteiger partial charge in [-0.15, -0.1) is 4.91 Å². The molecule has 1 aliphatic heterocycles. The summed E-state index contributed by atoms with van der Waals surface area (Å²) in [5, 5.41) is 2.34. The maximum atomic E-state index is 13.3. The van der Waals surface area contributed by atoms with Crippen LogP contribution in [0.2, 0.25) is 0 Å². The van der Waals surface area contributed by atoms with Gasteiger partial charge in [0.15, 0.2) is 11.5 Å². The number of para-hydroxylation sites is 1. The zero-order valence-electron chi connectivity index (χ0n) is 16.4. The van der Waals surface area contributed by atoms with Gasteiger partial charge >= 0.3 is 0 Å². The van der Waals surface area contributed by atoms with E-state index in [1.54, 1.807) is 17.0 Å². The van der Waals surface area contributed by atoms with Gasteiger partial charge < -0.3 is 20.1 Å². The molecule has 3 rings (SSSR count). The van der Waals surface area contributed by atoms with Crippen molar-refractivity contribution in [1.29, 1.82) is 0 Å². The fourth-order valence-corrected chi connectivity index (χ4v) is 3.49. The second-order valence-electron chi connectivity index (χ2n) is 6.88. The molecule has 0 spiro atoms. The first kappa shape index (κ1) is 20.3. The number of nitroso groups, excluding NO2 is 1. The van der Waals surface area contributed by atoms with Crippen LogP contribution in [0.25, 0.3) is 0 Å². The number of ether oxygens (including phenoxy) is 2. The van der Waals surface area contributed by atoms with Gasteiger partial charge in [0.25, 0.3) is 11.8 Å². The van der Waals surface area contributed by atoms with E-state index in [9.17, 15) is 14.5 Å². The van der Waals surface area contributed by atoms with Gasteiger partial charge in [0.1, 0.15) is 0 Å². The van der Waals surface area contributed by atoms with Crippen LogP contribution in [-0.2, 0) is 11.2 Å². The van der Waals surface area contributed by atoms with Crippen molar-refractivity contribution >= 4 is 23.2 Å². The van der Waals surface area contributed by atoms with E-state index in [1.165, 1.54) is 7.11 Å². The van der Waals surface area contributed by atoms with Crippen molar-refractivity contribution in [2.24, 2.45) is 5.18 Å². The molecule has 1 heterocycles. The van der Waals surface area contributed by atoms with Gasteiger partial charge in [-0.05, 0) is 37.5 Å². The summed E-state index contributed by atoms with van der Waals surface area (Å²) in [4.78, 5) is 36.1. The number of rotatable bonds is 7. The lowest BCUT2D eigenvalue weighted by atomic mass is 10.1. The van der Waals surface area contributed by atoms with Crippen LogP contribution in [0.5, 0.6) is 11.5 Å². The average Bonchev–Trinajstić information content (AvgIpc) is 3.06. The molecule has 29 heavy (non-hydrogen) atoms. The normalized spacial score (nSPS) is 15.0. The molecule has 0 saturated carbocycles. The minimum Gasteiger partial charge on any atom is -0.493 e. The Balaban J connectivity index is 1.81. The Hall–Kier alpha value is -3.42. The predicted octanol–water partition coefficient (Wildman–Crippen LogP) is 3.32. The first-order chi connectivity index (χ1) is 14.0. The Bertz CT molecular complexity index is 944. The van der Waals surface area contributed by atoms with Crippen LogP contribution < -0.4 is 20.1 Å². The average molecular weight is 397 g/mol. The number of anilines is 2. The summed E-state index contributed by atoms with van der Waals surface area (Å²) >= 11 is 0. The molecule has 0 bridgehead atoms. The molecule has 0 radical (unpaired) electrons. The van der Waals surface area contributed by atoms with Crippen molar-refractivity contribution in [3.05, 3.63) is 52.4 Å². The van der Waals surface area contributed by atoms with Crippen LogP contribution in [0.1, 0.15) is 35.7 Å². The topological polar surface area (TPSA) is 111 Å². The molecule has 0 aliphatic carbocycles. The molecule has 8 heteroatoms. The fourth-order valence-electron chi connectivity index (χ4n) is 3.49. The van der Waals surface area contributed by atoms with E-state index in [2.05, 4.69) is 5.18 Å². The number of methoxy groups -OCH3 is 1. The van der Waals surface area contributed by atoms with Crippen molar-refractivity contribution in [2.45, 2.75) is 32.2 Å². The van der Waals surface area contributed by atoms with Gasteiger partial charge in [-0.25, -0.2) is 0 Å². The lowest BCUT2D eigenvalue weighted by molar-refractivity contribution is -0.118. The second kappa shape index (κ2) is 8.72. The third kappa shape index (κ3) is 4.21. The molecular weight excluding hydrogens is 374 g/mol. The van der Waals surface area contributed by atoms with E-state index in [-0.39, 0.29) is 30.7 Å². The summed E-state index contributed by atoms with van der Waals surface area (Å²) in [6.07, 6.45) is 1.12. The van der Waals surface area contributed by atoms with Crippen LogP contribution in [0.4, 0.5) is 11.4 Å². The monoisotopic (exact) mass is 397 g/mol. The number of fused-ring (bicyclic) bond motifs is 1. The Labute approximate surface area is 168 Å². The van der Waals surface area contributed by atoms with Crippen molar-refractivity contribution < 1.29 is 19.1 Å². The van der Waals surface area contributed by atoms with E-state index in [0.717, 1.165) is 17.7 Å². The van der Waals surface area contributed by atoms with E-state index < -0.39 is 5.91 Å². The smallest absolute Gasteiger partial charge is 0.286 e. The highest BCUT2D eigenvalue weighted by atomic mass is 16.5. The SMILES string of the molecule is COc1cc(C(=O)N2c3ccccc3CC2C)c(N)cc1OCCCC(=O)N=O. The molecule has 0 aromatic heterocycles. The lowest BCUT2D eigenvalue weighted by Crippen LogP contribution is -2.36. The van der Waals surface area contributed by atoms with Crippen LogP contribution in [0, 0.1) is 4.91 Å². The second-order valence-corrected chi connectivity index (χ2v) is 6.88. The fraction of sp³-hybridized carbons (Fsp3) is 0.333. The van der Waals surface area contributed by atoms with Crippen molar-refractivity contribution in [2.75, 3.05) is 24.4 Å². The minimum absolute atomic E-state index is 0.00409. The maximum Gasteiger partial charge on any atom is 0.286 e. The number of carbonyl (C=O) groups is 2. The number of benzene rings is 2. The number of nitrogens with zero attached hydrogens (tertiary/aromatic N) is 2. The summed E-state index contributed by atoms with van der Waals surface area (Å²) in [7, 11) is 1.47. The van der Waals surface area contributed by atoms with Crippen LogP contribution in [0.3, 0.4) is 0 Å². The van der Waals surface area contributed by atoms with Gasteiger partial charge in [0, 0.05) is 35.1 Å². The maximum absolute atomic E-state index is 13.3. The molecule has 1 atom stereocenters. The molecule has 1 aliphatic rings.